The fraction of sp³-hybridized carbons (Fsp3) is 0.821. The van der Waals surface area contributed by atoms with Gasteiger partial charge in [-0.3, -0.25) is 9.59 Å². The first kappa shape index (κ1) is 43.9. The third-order valence-corrected chi connectivity index (χ3v) is 8.47. The van der Waals surface area contributed by atoms with Crippen LogP contribution in [0.5, 0.6) is 0 Å². The highest BCUT2D eigenvalue weighted by Crippen LogP contribution is 2.15. The van der Waals surface area contributed by atoms with Crippen LogP contribution in [-0.2, 0) is 19.1 Å². The second-order valence-corrected chi connectivity index (χ2v) is 13.0. The molecule has 7 heteroatoms. The predicted octanol–water partition coefficient (Wildman–Crippen LogP) is 10.1. The number of amides is 1. The average Bonchev–Trinajstić information content (AvgIpc) is 3.04. The minimum Gasteiger partial charge on any atom is -0.480 e. The maximum absolute atomic E-state index is 12.6. The van der Waals surface area contributed by atoms with Crippen LogP contribution < -0.4 is 11.1 Å². The van der Waals surface area contributed by atoms with Crippen LogP contribution in [0.1, 0.15) is 187 Å². The molecule has 0 bridgehead atoms. The smallest absolute Gasteiger partial charge is 0.326 e. The van der Waals surface area contributed by atoms with Gasteiger partial charge in [0.05, 0.1) is 0 Å². The highest BCUT2D eigenvalue weighted by Gasteiger charge is 2.19. The molecule has 0 aromatic heterocycles. The SMILES string of the molecule is CCCCCC/C=C\CCCCCCCC(=O)OC(/C=C\CCCCCCCC)CCCCCCC(=O)NC(CCCN)C(=O)O. The number of nitrogens with two attached hydrogens (primary N) is 1. The molecule has 0 aromatic rings. The van der Waals surface area contributed by atoms with Gasteiger partial charge in [-0.05, 0) is 89.7 Å². The van der Waals surface area contributed by atoms with Crippen LogP contribution in [0.25, 0.3) is 0 Å². The first-order chi connectivity index (χ1) is 22.4. The van der Waals surface area contributed by atoms with Gasteiger partial charge in [-0.2, -0.15) is 0 Å². The van der Waals surface area contributed by atoms with Crippen molar-refractivity contribution in [1.29, 1.82) is 0 Å². The number of carbonyl (C=O) groups is 3. The summed E-state index contributed by atoms with van der Waals surface area (Å²) in [6.07, 6.45) is 36.6. The monoisotopic (exact) mass is 649 g/mol. The molecule has 268 valence electrons. The van der Waals surface area contributed by atoms with E-state index in [1.54, 1.807) is 0 Å². The summed E-state index contributed by atoms with van der Waals surface area (Å²) in [6, 6.07) is -0.869. The lowest BCUT2D eigenvalue weighted by molar-refractivity contribution is -0.147. The number of nitrogens with one attached hydrogen (secondary N) is 1. The quantitative estimate of drug-likeness (QED) is 0.0363. The number of ether oxygens (including phenoxy) is 1. The van der Waals surface area contributed by atoms with Gasteiger partial charge in [0.15, 0.2) is 0 Å². The molecule has 0 aliphatic rings. The van der Waals surface area contributed by atoms with Crippen LogP contribution in [0, 0.1) is 0 Å². The van der Waals surface area contributed by atoms with Crippen molar-refractivity contribution in [3.8, 4) is 0 Å². The van der Waals surface area contributed by atoms with Crippen molar-refractivity contribution in [2.24, 2.45) is 5.73 Å². The zero-order chi connectivity index (χ0) is 33.9. The highest BCUT2D eigenvalue weighted by molar-refractivity contribution is 5.83. The van der Waals surface area contributed by atoms with E-state index in [1.807, 2.05) is 0 Å². The Balaban J connectivity index is 4.34. The highest BCUT2D eigenvalue weighted by atomic mass is 16.5. The van der Waals surface area contributed by atoms with Crippen LogP contribution in [0.15, 0.2) is 24.3 Å². The van der Waals surface area contributed by atoms with Crippen LogP contribution in [0.3, 0.4) is 0 Å². The topological polar surface area (TPSA) is 119 Å². The zero-order valence-corrected chi connectivity index (χ0v) is 29.9. The summed E-state index contributed by atoms with van der Waals surface area (Å²) in [7, 11) is 0. The lowest BCUT2D eigenvalue weighted by Crippen LogP contribution is -2.40. The number of rotatable bonds is 34. The van der Waals surface area contributed by atoms with Crippen molar-refractivity contribution >= 4 is 17.8 Å². The minimum absolute atomic E-state index is 0.0977. The third-order valence-electron chi connectivity index (χ3n) is 8.47. The Labute approximate surface area is 283 Å². The average molecular weight is 649 g/mol. The Hall–Kier alpha value is -2.15. The van der Waals surface area contributed by atoms with E-state index in [0.29, 0.717) is 38.6 Å². The molecule has 2 atom stereocenters. The Kier molecular flexibility index (Phi) is 32.6. The van der Waals surface area contributed by atoms with E-state index >= 15 is 0 Å². The molecule has 4 N–H and O–H groups in total. The Morgan fingerprint density at radius 2 is 1.13 bits per heavy atom. The summed E-state index contributed by atoms with van der Waals surface area (Å²) < 4.78 is 5.90. The van der Waals surface area contributed by atoms with E-state index in [-0.39, 0.29) is 18.0 Å². The van der Waals surface area contributed by atoms with Gasteiger partial charge < -0.3 is 20.9 Å². The summed E-state index contributed by atoms with van der Waals surface area (Å²) >= 11 is 0. The van der Waals surface area contributed by atoms with Gasteiger partial charge in [-0.15, -0.1) is 0 Å². The Morgan fingerprint density at radius 3 is 1.72 bits per heavy atom. The number of hydrogen-bond donors (Lipinski definition) is 3. The lowest BCUT2D eigenvalue weighted by Gasteiger charge is -2.15. The van der Waals surface area contributed by atoms with Gasteiger partial charge in [-0.1, -0.05) is 116 Å². The molecule has 46 heavy (non-hydrogen) atoms. The second-order valence-electron chi connectivity index (χ2n) is 13.0. The molecule has 0 aliphatic carbocycles. The molecule has 0 spiro atoms. The number of unbranched alkanes of at least 4 members (excludes halogenated alkanes) is 18. The zero-order valence-electron chi connectivity index (χ0n) is 29.9. The van der Waals surface area contributed by atoms with Gasteiger partial charge in [0.2, 0.25) is 5.91 Å². The summed E-state index contributed by atoms with van der Waals surface area (Å²) in [4.78, 5) is 36.2. The fourth-order valence-corrected chi connectivity index (χ4v) is 5.53. The summed E-state index contributed by atoms with van der Waals surface area (Å²) in [5, 5.41) is 11.9. The van der Waals surface area contributed by atoms with Crippen LogP contribution in [0.2, 0.25) is 0 Å². The minimum atomic E-state index is -1.02. The largest absolute Gasteiger partial charge is 0.480 e. The van der Waals surface area contributed by atoms with Crippen molar-refractivity contribution in [2.75, 3.05) is 6.54 Å². The molecule has 1 amide bonds. The first-order valence-corrected chi connectivity index (χ1v) is 19.2. The number of esters is 1. The summed E-state index contributed by atoms with van der Waals surface area (Å²) in [5.41, 5.74) is 5.47. The van der Waals surface area contributed by atoms with Gasteiger partial charge in [0.25, 0.3) is 0 Å². The third kappa shape index (κ3) is 30.5. The second kappa shape index (κ2) is 34.2. The van der Waals surface area contributed by atoms with Gasteiger partial charge >= 0.3 is 11.9 Å². The summed E-state index contributed by atoms with van der Waals surface area (Å²) in [6.45, 7) is 4.89. The standard InChI is InChI=1S/C39H72N2O5/c1-3-5-7-9-11-13-14-15-16-17-19-21-27-33-38(43)46-35(29-24-20-18-12-10-8-6-4-2)30-25-22-23-26-32-37(42)41-36(39(44)45)31-28-34-40/h13-14,24,29,35-36H,3-12,15-23,25-28,30-34,40H2,1-2H3,(H,41,42)(H,44,45)/b14-13-,29-24-. The van der Waals surface area contributed by atoms with Crippen LogP contribution >= 0.6 is 0 Å². The Morgan fingerprint density at radius 1 is 0.630 bits per heavy atom. The molecule has 0 heterocycles. The molecule has 0 aromatic carbocycles. The van der Waals surface area contributed by atoms with Crippen LogP contribution in [-0.4, -0.2) is 41.6 Å². The van der Waals surface area contributed by atoms with E-state index in [9.17, 15) is 19.5 Å². The molecule has 7 nitrogen and oxygen atoms in total. The Bertz CT molecular complexity index is 782. The van der Waals surface area contributed by atoms with Gasteiger partial charge in [-0.25, -0.2) is 4.79 Å². The van der Waals surface area contributed by atoms with Crippen molar-refractivity contribution < 1.29 is 24.2 Å². The van der Waals surface area contributed by atoms with E-state index in [2.05, 4.69) is 43.5 Å². The van der Waals surface area contributed by atoms with E-state index in [4.69, 9.17) is 10.5 Å². The van der Waals surface area contributed by atoms with E-state index < -0.39 is 12.0 Å². The van der Waals surface area contributed by atoms with Crippen molar-refractivity contribution in [3.05, 3.63) is 24.3 Å². The first-order valence-electron chi connectivity index (χ1n) is 19.2. The van der Waals surface area contributed by atoms with E-state index in [1.165, 1.54) is 89.9 Å². The molecule has 0 fully saturated rings. The molecule has 0 saturated carbocycles. The summed E-state index contributed by atoms with van der Waals surface area (Å²) in [5.74, 6) is -1.34. The molecular formula is C39H72N2O5. The molecule has 0 radical (unpaired) electrons. The number of carboxylic acids is 1. The van der Waals surface area contributed by atoms with Crippen molar-refractivity contribution in [3.63, 3.8) is 0 Å². The maximum atomic E-state index is 12.6. The van der Waals surface area contributed by atoms with Gasteiger partial charge in [0.1, 0.15) is 12.1 Å². The number of hydrogen-bond acceptors (Lipinski definition) is 5. The maximum Gasteiger partial charge on any atom is 0.326 e. The van der Waals surface area contributed by atoms with Gasteiger partial charge in [0, 0.05) is 12.8 Å². The molecular weight excluding hydrogens is 576 g/mol. The molecule has 0 saturated heterocycles. The van der Waals surface area contributed by atoms with Crippen molar-refractivity contribution in [2.45, 2.75) is 199 Å². The van der Waals surface area contributed by atoms with Crippen molar-refractivity contribution in [1.82, 2.24) is 5.32 Å². The molecule has 2 unspecified atom stereocenters. The molecule has 0 aliphatic heterocycles. The normalized spacial score (nSPS) is 12.9. The number of carboxylic acid groups (broad SMARTS) is 1. The number of allylic oxidation sites excluding steroid dienone is 3. The molecule has 0 rings (SSSR count). The fourth-order valence-electron chi connectivity index (χ4n) is 5.53. The number of carbonyl (C=O) groups excluding carboxylic acids is 2. The predicted molar refractivity (Wildman–Crippen MR) is 193 cm³/mol. The van der Waals surface area contributed by atoms with E-state index in [0.717, 1.165) is 51.4 Å². The number of aliphatic carboxylic acids is 1. The lowest BCUT2D eigenvalue weighted by atomic mass is 10.1. The van der Waals surface area contributed by atoms with Crippen LogP contribution in [0.4, 0.5) is 0 Å².